The highest BCUT2D eigenvalue weighted by Crippen LogP contribution is 2.36. The van der Waals surface area contributed by atoms with E-state index in [4.69, 9.17) is 21.1 Å². The Labute approximate surface area is 167 Å². The third kappa shape index (κ3) is 4.69. The fraction of sp³-hybridized carbons (Fsp3) is 0.150. The van der Waals surface area contributed by atoms with Crippen molar-refractivity contribution in [3.8, 4) is 11.5 Å². The second-order valence-corrected chi connectivity index (χ2v) is 6.18. The molecule has 0 fully saturated rings. The number of aromatic nitrogens is 2. The lowest BCUT2D eigenvalue weighted by molar-refractivity contribution is 0.102. The fourth-order valence-electron chi connectivity index (χ4n) is 2.47. The second kappa shape index (κ2) is 9.05. The van der Waals surface area contributed by atoms with E-state index in [1.165, 1.54) is 26.6 Å². The maximum absolute atomic E-state index is 12.5. The van der Waals surface area contributed by atoms with Gasteiger partial charge in [0.2, 0.25) is 5.95 Å². The molecule has 0 aliphatic carbocycles. The minimum atomic E-state index is -0.378. The van der Waals surface area contributed by atoms with Gasteiger partial charge in [-0.1, -0.05) is 41.9 Å². The molecule has 8 heteroatoms. The standard InChI is InChI=1S/C20H19ClN4O3/c1-27-17-9-16(18(28-2)8-15(17)21)25-19(26)14-11-23-20(24-12-14)22-10-13-6-4-3-5-7-13/h3-9,11-12H,10H2,1-2H3,(H,25,26)(H,22,23,24). The van der Waals surface area contributed by atoms with Crippen molar-refractivity contribution in [3.63, 3.8) is 0 Å². The van der Waals surface area contributed by atoms with Crippen LogP contribution in [0, 0.1) is 0 Å². The number of methoxy groups -OCH3 is 2. The maximum Gasteiger partial charge on any atom is 0.258 e. The third-order valence-electron chi connectivity index (χ3n) is 3.93. The summed E-state index contributed by atoms with van der Waals surface area (Å²) in [6.07, 6.45) is 2.91. The first-order valence-electron chi connectivity index (χ1n) is 8.43. The summed E-state index contributed by atoms with van der Waals surface area (Å²) >= 11 is 6.08. The van der Waals surface area contributed by atoms with Crippen LogP contribution in [0.25, 0.3) is 0 Å². The molecule has 2 N–H and O–H groups in total. The van der Waals surface area contributed by atoms with E-state index < -0.39 is 0 Å². The largest absolute Gasteiger partial charge is 0.495 e. The highest BCUT2D eigenvalue weighted by molar-refractivity contribution is 6.32. The molecule has 0 aliphatic heterocycles. The van der Waals surface area contributed by atoms with E-state index in [-0.39, 0.29) is 5.91 Å². The first-order chi connectivity index (χ1) is 13.6. The zero-order valence-electron chi connectivity index (χ0n) is 15.4. The van der Waals surface area contributed by atoms with E-state index in [2.05, 4.69) is 20.6 Å². The van der Waals surface area contributed by atoms with Gasteiger partial charge in [-0.2, -0.15) is 0 Å². The van der Waals surface area contributed by atoms with Crippen LogP contribution in [0.4, 0.5) is 11.6 Å². The van der Waals surface area contributed by atoms with Gasteiger partial charge in [0.25, 0.3) is 5.91 Å². The molecule has 0 atom stereocenters. The normalized spacial score (nSPS) is 10.2. The van der Waals surface area contributed by atoms with Crippen molar-refractivity contribution in [1.82, 2.24) is 9.97 Å². The Bertz CT molecular complexity index is 950. The summed E-state index contributed by atoms with van der Waals surface area (Å²) in [7, 11) is 2.98. The Morgan fingerprint density at radius 1 is 1.04 bits per heavy atom. The van der Waals surface area contributed by atoms with Gasteiger partial charge < -0.3 is 20.1 Å². The quantitative estimate of drug-likeness (QED) is 0.625. The Balaban J connectivity index is 1.68. The van der Waals surface area contributed by atoms with Crippen molar-refractivity contribution in [2.24, 2.45) is 0 Å². The highest BCUT2D eigenvalue weighted by atomic mass is 35.5. The summed E-state index contributed by atoms with van der Waals surface area (Å²) in [4.78, 5) is 20.9. The predicted molar refractivity (Wildman–Crippen MR) is 108 cm³/mol. The molecule has 0 saturated heterocycles. The summed E-state index contributed by atoms with van der Waals surface area (Å²) in [6.45, 7) is 0.591. The molecule has 7 nitrogen and oxygen atoms in total. The zero-order valence-corrected chi connectivity index (χ0v) is 16.2. The molecule has 1 aromatic heterocycles. The SMILES string of the molecule is COc1cc(NC(=O)c2cnc(NCc3ccccc3)nc2)c(OC)cc1Cl. The molecule has 1 amide bonds. The average molecular weight is 399 g/mol. The number of anilines is 2. The van der Waals surface area contributed by atoms with E-state index in [1.807, 2.05) is 30.3 Å². The van der Waals surface area contributed by atoms with Crippen molar-refractivity contribution in [3.05, 3.63) is 71.0 Å². The van der Waals surface area contributed by atoms with Crippen molar-refractivity contribution in [2.45, 2.75) is 6.54 Å². The van der Waals surface area contributed by atoms with Gasteiger partial charge in [-0.15, -0.1) is 0 Å². The second-order valence-electron chi connectivity index (χ2n) is 5.78. The highest BCUT2D eigenvalue weighted by Gasteiger charge is 2.14. The molecule has 2 aromatic carbocycles. The lowest BCUT2D eigenvalue weighted by Gasteiger charge is -2.13. The van der Waals surface area contributed by atoms with Gasteiger partial charge in [-0.05, 0) is 5.56 Å². The average Bonchev–Trinajstić information content (AvgIpc) is 2.74. The van der Waals surface area contributed by atoms with E-state index >= 15 is 0 Å². The zero-order chi connectivity index (χ0) is 19.9. The third-order valence-corrected chi connectivity index (χ3v) is 4.22. The first kappa shape index (κ1) is 19.4. The molecular weight excluding hydrogens is 380 g/mol. The number of halogens is 1. The van der Waals surface area contributed by atoms with Crippen molar-refractivity contribution in [2.75, 3.05) is 24.9 Å². The van der Waals surface area contributed by atoms with Crippen LogP contribution in [0.1, 0.15) is 15.9 Å². The minimum Gasteiger partial charge on any atom is -0.495 e. The predicted octanol–water partition coefficient (Wildman–Crippen LogP) is 4.01. The Morgan fingerprint density at radius 2 is 1.71 bits per heavy atom. The molecule has 0 spiro atoms. The van der Waals surface area contributed by atoms with Gasteiger partial charge in [-0.3, -0.25) is 4.79 Å². The molecule has 3 rings (SSSR count). The maximum atomic E-state index is 12.5. The van der Waals surface area contributed by atoms with E-state index in [0.29, 0.717) is 40.3 Å². The van der Waals surface area contributed by atoms with Crippen LogP contribution < -0.4 is 20.1 Å². The molecule has 0 aliphatic rings. The Hall–Kier alpha value is -3.32. The number of benzene rings is 2. The lowest BCUT2D eigenvalue weighted by atomic mass is 10.2. The van der Waals surface area contributed by atoms with Gasteiger partial charge >= 0.3 is 0 Å². The monoisotopic (exact) mass is 398 g/mol. The molecule has 0 saturated carbocycles. The van der Waals surface area contributed by atoms with E-state index in [1.54, 1.807) is 12.1 Å². The number of nitrogens with zero attached hydrogens (tertiary/aromatic N) is 2. The van der Waals surface area contributed by atoms with Crippen LogP contribution in [0.5, 0.6) is 11.5 Å². The van der Waals surface area contributed by atoms with Gasteiger partial charge in [0.15, 0.2) is 0 Å². The Morgan fingerprint density at radius 3 is 2.36 bits per heavy atom. The number of nitrogens with one attached hydrogen (secondary N) is 2. The molecular formula is C20H19ClN4O3. The van der Waals surface area contributed by atoms with E-state index in [9.17, 15) is 4.79 Å². The van der Waals surface area contributed by atoms with Crippen LogP contribution in [0.3, 0.4) is 0 Å². The van der Waals surface area contributed by atoms with Gasteiger partial charge in [0.1, 0.15) is 11.5 Å². The number of carbonyl (C=O) groups excluding carboxylic acids is 1. The van der Waals surface area contributed by atoms with Crippen LogP contribution in [-0.2, 0) is 6.54 Å². The van der Waals surface area contributed by atoms with Crippen LogP contribution in [-0.4, -0.2) is 30.1 Å². The Kier molecular flexibility index (Phi) is 6.29. The lowest BCUT2D eigenvalue weighted by Crippen LogP contribution is -2.14. The van der Waals surface area contributed by atoms with Crippen molar-refractivity contribution >= 4 is 29.1 Å². The molecule has 144 valence electrons. The van der Waals surface area contributed by atoms with E-state index in [0.717, 1.165) is 5.56 Å². The fourth-order valence-corrected chi connectivity index (χ4v) is 2.70. The summed E-state index contributed by atoms with van der Waals surface area (Å²) in [5.74, 6) is 0.902. The van der Waals surface area contributed by atoms with Crippen LogP contribution >= 0.6 is 11.6 Å². The number of hydrogen-bond acceptors (Lipinski definition) is 6. The topological polar surface area (TPSA) is 85.4 Å². The molecule has 0 bridgehead atoms. The van der Waals surface area contributed by atoms with Crippen LogP contribution in [0.2, 0.25) is 5.02 Å². The molecule has 1 heterocycles. The molecule has 3 aromatic rings. The smallest absolute Gasteiger partial charge is 0.258 e. The molecule has 0 unspecified atom stereocenters. The number of ether oxygens (including phenoxy) is 2. The van der Waals surface area contributed by atoms with Crippen LogP contribution in [0.15, 0.2) is 54.9 Å². The van der Waals surface area contributed by atoms with Gasteiger partial charge in [0, 0.05) is 31.1 Å². The van der Waals surface area contributed by atoms with Crippen molar-refractivity contribution in [1.29, 1.82) is 0 Å². The molecule has 0 radical (unpaired) electrons. The number of amides is 1. The first-order valence-corrected chi connectivity index (χ1v) is 8.81. The summed E-state index contributed by atoms with van der Waals surface area (Å²) in [5.41, 5.74) is 1.85. The van der Waals surface area contributed by atoms with Crippen molar-refractivity contribution < 1.29 is 14.3 Å². The summed E-state index contributed by atoms with van der Waals surface area (Å²) < 4.78 is 10.4. The number of hydrogen-bond donors (Lipinski definition) is 2. The summed E-state index contributed by atoms with van der Waals surface area (Å²) in [6, 6.07) is 13.1. The minimum absolute atomic E-state index is 0.307. The van der Waals surface area contributed by atoms with Gasteiger partial charge in [-0.25, -0.2) is 9.97 Å². The summed E-state index contributed by atoms with van der Waals surface area (Å²) in [5, 5.41) is 6.25. The number of carbonyl (C=O) groups is 1. The molecule has 28 heavy (non-hydrogen) atoms. The number of rotatable bonds is 7. The van der Waals surface area contributed by atoms with Gasteiger partial charge in [0.05, 0.1) is 30.5 Å².